The summed E-state index contributed by atoms with van der Waals surface area (Å²) in [5.74, 6) is 4.98. The SMILES string of the molecule is CC1(C)c2ccccc2-c2cccc(-c3cccc4c3C3(c5cccc(-c6nc(-c7ccccc7)nc(-c7ccc(-c8cccc(-c9ccccc9)c8)cc7)n6)c5-4)C4CC5CC(C4)CC3C5)c21. The maximum absolute atomic E-state index is 5.48. The normalized spacial score (nSPS) is 22.1. The molecule has 4 saturated carbocycles. The van der Waals surface area contributed by atoms with E-state index in [1.165, 1.54) is 98.9 Å². The summed E-state index contributed by atoms with van der Waals surface area (Å²) in [7, 11) is 0. The van der Waals surface area contributed by atoms with Crippen LogP contribution in [0.2, 0.25) is 0 Å². The molecule has 0 radical (unpaired) electrons. The maximum atomic E-state index is 5.48. The minimum absolute atomic E-state index is 0.0746. The second kappa shape index (κ2) is 14.6. The van der Waals surface area contributed by atoms with E-state index in [0.29, 0.717) is 23.5 Å². The molecule has 67 heavy (non-hydrogen) atoms. The van der Waals surface area contributed by atoms with Gasteiger partial charge in [-0.05, 0) is 140 Å². The first-order chi connectivity index (χ1) is 32.9. The Kier molecular flexibility index (Phi) is 8.51. The van der Waals surface area contributed by atoms with Crippen molar-refractivity contribution in [3.63, 3.8) is 0 Å². The van der Waals surface area contributed by atoms with Crippen LogP contribution in [0.25, 0.3) is 89.8 Å². The number of hydrogen-bond acceptors (Lipinski definition) is 3. The first-order valence-electron chi connectivity index (χ1n) is 24.5. The quantitative estimate of drug-likeness (QED) is 0.167. The number of fused-ring (bicyclic) bond motifs is 6. The van der Waals surface area contributed by atoms with Crippen molar-refractivity contribution in [2.45, 2.75) is 56.8 Å². The Labute approximate surface area is 393 Å². The van der Waals surface area contributed by atoms with Gasteiger partial charge in [0.1, 0.15) is 0 Å². The van der Waals surface area contributed by atoms with Crippen LogP contribution >= 0.6 is 0 Å². The fourth-order valence-corrected chi connectivity index (χ4v) is 14.4. The molecule has 0 saturated heterocycles. The minimum atomic E-state index is -0.126. The summed E-state index contributed by atoms with van der Waals surface area (Å²) in [5, 5.41) is 0. The highest BCUT2D eigenvalue weighted by atomic mass is 15.0. The summed E-state index contributed by atoms with van der Waals surface area (Å²) < 4.78 is 0. The zero-order chi connectivity index (χ0) is 44.4. The number of nitrogens with zero attached hydrogens (tertiary/aromatic N) is 3. The Hall–Kier alpha value is -7.23. The van der Waals surface area contributed by atoms with E-state index in [2.05, 4.69) is 202 Å². The lowest BCUT2D eigenvalue weighted by molar-refractivity contribution is -0.0397. The Morgan fingerprint density at radius 1 is 0.343 bits per heavy atom. The van der Waals surface area contributed by atoms with E-state index < -0.39 is 0 Å². The lowest BCUT2D eigenvalue weighted by Gasteiger charge is -2.61. The average Bonchev–Trinajstić information content (AvgIpc) is 3.82. The van der Waals surface area contributed by atoms with Gasteiger partial charge in [0.2, 0.25) is 0 Å². The fourth-order valence-electron chi connectivity index (χ4n) is 14.4. The standard InChI is InChI=1S/C64H51N3/c1-63(2)55-27-10-9-21-49(55)50-22-12-23-51(58(50)63)52-24-13-25-53-57-54(26-14-28-56(57)64(59(52)53)47-34-39-33-40(36-47)37-48(64)35-39)62-66-60(43-17-7-4-8-18-43)65-61(67-62)44-31-29-42(30-32-44)46-20-11-19-45(38-46)41-15-5-3-6-16-41/h3-32,38-40,47-48H,33-37H2,1-2H3. The van der Waals surface area contributed by atoms with Crippen molar-refractivity contribution in [1.29, 1.82) is 0 Å². The molecule has 3 nitrogen and oxygen atoms in total. The largest absolute Gasteiger partial charge is 0.208 e. The molecular weight excluding hydrogens is 811 g/mol. The van der Waals surface area contributed by atoms with Crippen molar-refractivity contribution in [2.75, 3.05) is 0 Å². The third kappa shape index (κ3) is 5.73. The Morgan fingerprint density at radius 3 is 1.45 bits per heavy atom. The molecule has 8 aromatic carbocycles. The predicted octanol–water partition coefficient (Wildman–Crippen LogP) is 15.9. The van der Waals surface area contributed by atoms with E-state index >= 15 is 0 Å². The Bertz CT molecular complexity index is 3410. The molecule has 322 valence electrons. The molecule has 4 fully saturated rings. The van der Waals surface area contributed by atoms with Crippen molar-refractivity contribution >= 4 is 0 Å². The van der Waals surface area contributed by atoms with Gasteiger partial charge in [-0.3, -0.25) is 0 Å². The van der Waals surface area contributed by atoms with Crippen LogP contribution in [0.15, 0.2) is 188 Å². The van der Waals surface area contributed by atoms with Gasteiger partial charge < -0.3 is 0 Å². The van der Waals surface area contributed by atoms with Crippen LogP contribution in [0.5, 0.6) is 0 Å². The fraction of sp³-hybridized carbons (Fsp3) is 0.203. The molecule has 0 unspecified atom stereocenters. The first-order valence-corrected chi connectivity index (χ1v) is 24.5. The number of rotatable bonds is 6. The van der Waals surface area contributed by atoms with Crippen LogP contribution in [0.1, 0.15) is 68.2 Å². The molecule has 0 amide bonds. The van der Waals surface area contributed by atoms with Gasteiger partial charge in [-0.25, -0.2) is 15.0 Å². The van der Waals surface area contributed by atoms with E-state index in [1.54, 1.807) is 5.56 Å². The second-order valence-electron chi connectivity index (χ2n) is 20.7. The van der Waals surface area contributed by atoms with Gasteiger partial charge in [0.25, 0.3) is 0 Å². The first kappa shape index (κ1) is 39.0. The van der Waals surface area contributed by atoms with Crippen LogP contribution in [0, 0.1) is 23.7 Å². The molecular formula is C64H51N3. The van der Waals surface area contributed by atoms with E-state index in [4.69, 9.17) is 15.0 Å². The molecule has 6 aliphatic rings. The summed E-state index contributed by atoms with van der Waals surface area (Å²) >= 11 is 0. The lowest BCUT2D eigenvalue weighted by atomic mass is 9.42. The third-order valence-corrected chi connectivity index (χ3v) is 16.9. The van der Waals surface area contributed by atoms with Crippen molar-refractivity contribution < 1.29 is 0 Å². The Balaban J connectivity index is 0.959. The summed E-state index contributed by atoms with van der Waals surface area (Å²) in [4.78, 5) is 16.1. The molecule has 3 heteroatoms. The lowest BCUT2D eigenvalue weighted by Crippen LogP contribution is -2.55. The van der Waals surface area contributed by atoms with Crippen LogP contribution < -0.4 is 0 Å². The summed E-state index contributed by atoms with van der Waals surface area (Å²) in [6.07, 6.45) is 6.67. The van der Waals surface area contributed by atoms with Crippen molar-refractivity contribution in [1.82, 2.24) is 15.0 Å². The predicted molar refractivity (Wildman–Crippen MR) is 273 cm³/mol. The summed E-state index contributed by atoms with van der Waals surface area (Å²) in [5.41, 5.74) is 21.8. The average molecular weight is 862 g/mol. The van der Waals surface area contributed by atoms with Crippen LogP contribution in [-0.4, -0.2) is 15.0 Å². The van der Waals surface area contributed by atoms with E-state index in [1.807, 2.05) is 0 Å². The zero-order valence-electron chi connectivity index (χ0n) is 38.1. The van der Waals surface area contributed by atoms with Gasteiger partial charge in [0.15, 0.2) is 17.5 Å². The molecule has 1 spiro atoms. The highest BCUT2D eigenvalue weighted by Crippen LogP contribution is 2.71. The van der Waals surface area contributed by atoms with Gasteiger partial charge in [-0.15, -0.1) is 0 Å². The molecule has 6 aliphatic carbocycles. The maximum Gasteiger partial charge on any atom is 0.164 e. The van der Waals surface area contributed by atoms with Gasteiger partial charge in [-0.2, -0.15) is 0 Å². The number of hydrogen-bond donors (Lipinski definition) is 0. The molecule has 15 rings (SSSR count). The van der Waals surface area contributed by atoms with Crippen molar-refractivity contribution in [2.24, 2.45) is 23.7 Å². The summed E-state index contributed by atoms with van der Waals surface area (Å²) in [6, 6.07) is 69.2. The van der Waals surface area contributed by atoms with Gasteiger partial charge in [0, 0.05) is 27.5 Å². The van der Waals surface area contributed by atoms with E-state index in [0.717, 1.165) is 39.9 Å². The molecule has 0 N–H and O–H groups in total. The molecule has 9 aromatic rings. The summed E-state index contributed by atoms with van der Waals surface area (Å²) in [6.45, 7) is 4.88. The van der Waals surface area contributed by atoms with E-state index in [-0.39, 0.29) is 10.8 Å². The smallest absolute Gasteiger partial charge is 0.164 e. The number of benzene rings is 8. The number of aromatic nitrogens is 3. The van der Waals surface area contributed by atoms with Crippen LogP contribution in [0.4, 0.5) is 0 Å². The molecule has 1 aromatic heterocycles. The monoisotopic (exact) mass is 861 g/mol. The van der Waals surface area contributed by atoms with Crippen molar-refractivity contribution in [3.05, 3.63) is 210 Å². The van der Waals surface area contributed by atoms with Crippen molar-refractivity contribution in [3.8, 4) is 89.8 Å². The second-order valence-corrected chi connectivity index (χ2v) is 20.7. The van der Waals surface area contributed by atoms with Crippen LogP contribution in [-0.2, 0) is 10.8 Å². The third-order valence-electron chi connectivity index (χ3n) is 16.9. The molecule has 0 atom stereocenters. The molecule has 4 bridgehead atoms. The van der Waals surface area contributed by atoms with Gasteiger partial charge in [-0.1, -0.05) is 196 Å². The van der Waals surface area contributed by atoms with E-state index in [9.17, 15) is 0 Å². The van der Waals surface area contributed by atoms with Gasteiger partial charge >= 0.3 is 0 Å². The zero-order valence-corrected chi connectivity index (χ0v) is 38.1. The highest BCUT2D eigenvalue weighted by Gasteiger charge is 2.62. The molecule has 1 heterocycles. The van der Waals surface area contributed by atoms with Crippen LogP contribution in [0.3, 0.4) is 0 Å². The Morgan fingerprint density at radius 2 is 0.776 bits per heavy atom. The van der Waals surface area contributed by atoms with Gasteiger partial charge in [0.05, 0.1) is 0 Å². The highest BCUT2D eigenvalue weighted by molar-refractivity contribution is 5.98. The molecule has 0 aliphatic heterocycles. The topological polar surface area (TPSA) is 38.7 Å². The minimum Gasteiger partial charge on any atom is -0.208 e.